The first kappa shape index (κ1) is 35.0. The Morgan fingerprint density at radius 2 is 0.797 bits per heavy atom. The predicted molar refractivity (Wildman–Crippen MR) is 252 cm³/mol. The second-order valence-electron chi connectivity index (χ2n) is 15.9. The van der Waals surface area contributed by atoms with Gasteiger partial charge in [0.1, 0.15) is 0 Å². The van der Waals surface area contributed by atoms with Crippen LogP contribution in [-0.2, 0) is 5.41 Å². The Bertz CT molecular complexity index is 3040. The lowest BCUT2D eigenvalue weighted by Gasteiger charge is -2.32. The molecule has 11 rings (SSSR count). The molecule has 10 aromatic carbocycles. The second-order valence-corrected chi connectivity index (χ2v) is 15.9. The lowest BCUT2D eigenvalue weighted by Crippen LogP contribution is -2.23. The lowest BCUT2D eigenvalue weighted by atomic mass is 9.73. The molecule has 0 heterocycles. The molecule has 282 valence electrons. The minimum atomic E-state index is -0.104. The van der Waals surface area contributed by atoms with Crippen LogP contribution in [0.2, 0.25) is 0 Å². The van der Waals surface area contributed by atoms with Crippen LogP contribution in [0, 0.1) is 0 Å². The zero-order chi connectivity index (χ0) is 39.5. The van der Waals surface area contributed by atoms with E-state index >= 15 is 0 Å². The molecule has 0 saturated heterocycles. The number of nitrogens with zero attached hydrogens (tertiary/aromatic N) is 2. The van der Waals surface area contributed by atoms with Gasteiger partial charge in [0.15, 0.2) is 0 Å². The standard InChI is InChI=1S/C57H44N2/c1-3-57(4-2)52-37-41(28-32-48(52)49-35-30-46(38-53(49)57)58(42-17-9-5-10-18-42)43-19-11-6-12-20-43)47-31-25-39-27-34-51-54(36-29-40-26-33-50(47)55(39)56(40)51)59(44-21-13-7-14-22-44)45-23-15-8-16-24-45/h5-38H,3-4H2,1-2H3. The van der Waals surface area contributed by atoms with Crippen LogP contribution in [0.15, 0.2) is 206 Å². The molecule has 0 saturated carbocycles. The van der Waals surface area contributed by atoms with Gasteiger partial charge in [-0.25, -0.2) is 0 Å². The third kappa shape index (κ3) is 5.47. The van der Waals surface area contributed by atoms with Crippen LogP contribution in [0.5, 0.6) is 0 Å². The summed E-state index contributed by atoms with van der Waals surface area (Å²) in [6, 6.07) is 76.0. The Hall–Kier alpha value is -7.16. The van der Waals surface area contributed by atoms with Crippen LogP contribution in [-0.4, -0.2) is 0 Å². The highest BCUT2D eigenvalue weighted by molar-refractivity contribution is 6.28. The number of rotatable bonds is 9. The molecule has 0 aliphatic heterocycles. The van der Waals surface area contributed by atoms with E-state index in [0.717, 1.165) is 35.6 Å². The van der Waals surface area contributed by atoms with E-state index in [-0.39, 0.29) is 5.41 Å². The highest BCUT2D eigenvalue weighted by Crippen LogP contribution is 2.55. The average molecular weight is 757 g/mol. The zero-order valence-corrected chi connectivity index (χ0v) is 33.4. The first-order valence-electron chi connectivity index (χ1n) is 21.0. The largest absolute Gasteiger partial charge is 0.310 e. The third-order valence-corrected chi connectivity index (χ3v) is 13.1. The molecule has 2 nitrogen and oxygen atoms in total. The maximum absolute atomic E-state index is 2.53. The summed E-state index contributed by atoms with van der Waals surface area (Å²) in [4.78, 5) is 4.78. The van der Waals surface area contributed by atoms with Gasteiger partial charge in [0.2, 0.25) is 0 Å². The maximum Gasteiger partial charge on any atom is 0.0540 e. The summed E-state index contributed by atoms with van der Waals surface area (Å²) in [5.74, 6) is 0. The molecule has 0 bridgehead atoms. The van der Waals surface area contributed by atoms with Gasteiger partial charge in [-0.2, -0.15) is 0 Å². The second kappa shape index (κ2) is 14.0. The molecular weight excluding hydrogens is 713 g/mol. The molecule has 0 aromatic heterocycles. The monoisotopic (exact) mass is 756 g/mol. The topological polar surface area (TPSA) is 6.48 Å². The van der Waals surface area contributed by atoms with Crippen LogP contribution >= 0.6 is 0 Å². The van der Waals surface area contributed by atoms with Crippen molar-refractivity contribution in [3.8, 4) is 22.3 Å². The molecule has 0 amide bonds. The van der Waals surface area contributed by atoms with Crippen LogP contribution in [0.1, 0.15) is 37.8 Å². The van der Waals surface area contributed by atoms with Crippen molar-refractivity contribution in [1.29, 1.82) is 0 Å². The van der Waals surface area contributed by atoms with Gasteiger partial charge < -0.3 is 9.80 Å². The number of para-hydroxylation sites is 4. The minimum Gasteiger partial charge on any atom is -0.310 e. The molecule has 0 fully saturated rings. The predicted octanol–water partition coefficient (Wildman–Crippen LogP) is 16.3. The minimum absolute atomic E-state index is 0.104. The number of anilines is 6. The van der Waals surface area contributed by atoms with Gasteiger partial charge in [0.05, 0.1) is 5.69 Å². The van der Waals surface area contributed by atoms with Gasteiger partial charge in [-0.15, -0.1) is 0 Å². The van der Waals surface area contributed by atoms with E-state index in [1.165, 1.54) is 77.1 Å². The summed E-state index contributed by atoms with van der Waals surface area (Å²) >= 11 is 0. The first-order valence-corrected chi connectivity index (χ1v) is 21.0. The number of hydrogen-bond donors (Lipinski definition) is 0. The van der Waals surface area contributed by atoms with Crippen molar-refractivity contribution < 1.29 is 0 Å². The molecule has 0 atom stereocenters. The highest BCUT2D eigenvalue weighted by Gasteiger charge is 2.41. The van der Waals surface area contributed by atoms with E-state index in [2.05, 4.69) is 230 Å². The summed E-state index contributed by atoms with van der Waals surface area (Å²) in [5, 5.41) is 7.71. The van der Waals surface area contributed by atoms with Crippen LogP contribution in [0.25, 0.3) is 54.6 Å². The van der Waals surface area contributed by atoms with Gasteiger partial charge in [0.25, 0.3) is 0 Å². The third-order valence-electron chi connectivity index (χ3n) is 13.1. The van der Waals surface area contributed by atoms with Crippen molar-refractivity contribution in [1.82, 2.24) is 0 Å². The van der Waals surface area contributed by atoms with Crippen molar-refractivity contribution in [3.63, 3.8) is 0 Å². The van der Waals surface area contributed by atoms with E-state index < -0.39 is 0 Å². The van der Waals surface area contributed by atoms with E-state index in [4.69, 9.17) is 0 Å². The number of fused-ring (bicyclic) bond motifs is 3. The lowest BCUT2D eigenvalue weighted by molar-refractivity contribution is 0.490. The quantitative estimate of drug-likeness (QED) is 0.135. The Balaban J connectivity index is 1.06. The Labute approximate surface area is 346 Å². The van der Waals surface area contributed by atoms with Crippen molar-refractivity contribution in [2.24, 2.45) is 0 Å². The molecule has 2 heteroatoms. The van der Waals surface area contributed by atoms with Gasteiger partial charge in [-0.05, 0) is 146 Å². The summed E-state index contributed by atoms with van der Waals surface area (Å²) in [6.07, 6.45) is 2.04. The summed E-state index contributed by atoms with van der Waals surface area (Å²) in [5.41, 5.74) is 15.0. The fourth-order valence-electron chi connectivity index (χ4n) is 10.2. The molecule has 0 radical (unpaired) electrons. The highest BCUT2D eigenvalue weighted by atomic mass is 15.1. The zero-order valence-electron chi connectivity index (χ0n) is 33.4. The Morgan fingerprint density at radius 3 is 1.36 bits per heavy atom. The van der Waals surface area contributed by atoms with E-state index in [9.17, 15) is 0 Å². The van der Waals surface area contributed by atoms with Gasteiger partial charge in [0, 0.05) is 39.2 Å². The number of hydrogen-bond acceptors (Lipinski definition) is 2. The Morgan fingerprint density at radius 1 is 0.356 bits per heavy atom. The molecule has 1 aliphatic rings. The molecular formula is C57H44N2. The summed E-state index contributed by atoms with van der Waals surface area (Å²) in [6.45, 7) is 4.74. The van der Waals surface area contributed by atoms with Crippen molar-refractivity contribution >= 4 is 66.4 Å². The van der Waals surface area contributed by atoms with E-state index in [0.29, 0.717) is 0 Å². The fraction of sp³-hybridized carbons (Fsp3) is 0.0877. The van der Waals surface area contributed by atoms with Crippen LogP contribution in [0.4, 0.5) is 34.1 Å². The molecule has 0 unspecified atom stereocenters. The molecule has 10 aromatic rings. The molecule has 0 N–H and O–H groups in total. The maximum atomic E-state index is 2.53. The van der Waals surface area contributed by atoms with Gasteiger partial charge >= 0.3 is 0 Å². The summed E-state index contributed by atoms with van der Waals surface area (Å²) in [7, 11) is 0. The SMILES string of the molecule is CCC1(CC)c2cc(-c3ccc4ccc5c(N(c6ccccc6)c6ccccc6)ccc6ccc3c4c65)ccc2-c2ccc(N(c3ccccc3)c3ccccc3)cc21. The fourth-order valence-corrected chi connectivity index (χ4v) is 10.2. The molecule has 59 heavy (non-hydrogen) atoms. The molecule has 1 aliphatic carbocycles. The van der Waals surface area contributed by atoms with Gasteiger partial charge in [-0.3, -0.25) is 0 Å². The van der Waals surface area contributed by atoms with Crippen molar-refractivity contribution in [3.05, 3.63) is 217 Å². The normalized spacial score (nSPS) is 12.8. The Kier molecular flexibility index (Phi) is 8.34. The summed E-state index contributed by atoms with van der Waals surface area (Å²) < 4.78 is 0. The average Bonchev–Trinajstić information content (AvgIpc) is 3.58. The van der Waals surface area contributed by atoms with Crippen LogP contribution < -0.4 is 9.80 Å². The number of benzene rings is 10. The van der Waals surface area contributed by atoms with E-state index in [1.54, 1.807) is 0 Å². The first-order chi connectivity index (χ1) is 29.2. The molecule has 0 spiro atoms. The van der Waals surface area contributed by atoms with E-state index in [1.807, 2.05) is 0 Å². The van der Waals surface area contributed by atoms with Crippen LogP contribution in [0.3, 0.4) is 0 Å². The van der Waals surface area contributed by atoms with Crippen molar-refractivity contribution in [2.45, 2.75) is 32.1 Å². The smallest absolute Gasteiger partial charge is 0.0540 e. The van der Waals surface area contributed by atoms with Crippen molar-refractivity contribution in [2.75, 3.05) is 9.80 Å². The van der Waals surface area contributed by atoms with Gasteiger partial charge in [-0.1, -0.05) is 147 Å².